The van der Waals surface area contributed by atoms with Crippen molar-refractivity contribution < 1.29 is 4.39 Å². The predicted octanol–water partition coefficient (Wildman–Crippen LogP) is 5.46. The summed E-state index contributed by atoms with van der Waals surface area (Å²) in [7, 11) is 0. The van der Waals surface area contributed by atoms with E-state index in [9.17, 15) is 4.39 Å². The van der Waals surface area contributed by atoms with Gasteiger partial charge in [0.2, 0.25) is 0 Å². The van der Waals surface area contributed by atoms with Crippen molar-refractivity contribution in [2.24, 2.45) is 5.92 Å². The first-order valence-electron chi connectivity index (χ1n) is 14.0. The van der Waals surface area contributed by atoms with E-state index in [1.54, 1.807) is 12.1 Å². The summed E-state index contributed by atoms with van der Waals surface area (Å²) in [4.78, 5) is 12.2. The van der Waals surface area contributed by atoms with Gasteiger partial charge < -0.3 is 9.80 Å². The molecule has 2 aromatic heterocycles. The molecule has 4 aliphatic rings. The standard InChI is InChI=1S/C31H35FN6/c1-21(2)35-14-16-36(17-15-35)28-9-4-8-24(25-19-26(25)28)29-20-33-30-11-12-31(34-38(29)30)37-13-5-10-27(37)22-6-3-7-23(32)18-22/h3-4,6-9,11-12,18,20-21,26-27H,5,10,13-17,19H2,1-2H3/t26?,27-/m1/s1. The van der Waals surface area contributed by atoms with Gasteiger partial charge in [0.25, 0.3) is 0 Å². The maximum Gasteiger partial charge on any atom is 0.154 e. The molecule has 7 heteroatoms. The Morgan fingerprint density at radius 1 is 1.03 bits per heavy atom. The summed E-state index contributed by atoms with van der Waals surface area (Å²) in [6, 6.07) is 11.9. The second kappa shape index (κ2) is 9.38. The van der Waals surface area contributed by atoms with Gasteiger partial charge in [-0.25, -0.2) is 13.9 Å². The SMILES string of the molecule is CC(C)N1CCN(C2=CC=CC(c3cnc4ccc(N5CCC[C@@H]5c5cccc(F)c5)nn34)=C3CC23)CC1. The highest BCUT2D eigenvalue weighted by Gasteiger charge is 2.40. The molecule has 38 heavy (non-hydrogen) atoms. The summed E-state index contributed by atoms with van der Waals surface area (Å²) in [5.41, 5.74) is 7.13. The third-order valence-electron chi connectivity index (χ3n) is 8.73. The Balaban J connectivity index is 1.17. The number of imidazole rings is 1. The van der Waals surface area contributed by atoms with Crippen molar-refractivity contribution in [3.05, 3.63) is 89.2 Å². The minimum absolute atomic E-state index is 0.137. The molecule has 0 N–H and O–H groups in total. The number of fused-ring (bicyclic) bond motifs is 2. The van der Waals surface area contributed by atoms with Gasteiger partial charge in [-0.2, -0.15) is 0 Å². The molecule has 7 rings (SSSR count). The summed E-state index contributed by atoms with van der Waals surface area (Å²) in [6.45, 7) is 9.95. The summed E-state index contributed by atoms with van der Waals surface area (Å²) in [5, 5.41) is 5.09. The normalized spacial score (nSPS) is 23.8. The highest BCUT2D eigenvalue weighted by molar-refractivity contribution is 5.81. The molecule has 0 amide bonds. The molecule has 2 atom stereocenters. The maximum atomic E-state index is 14.0. The summed E-state index contributed by atoms with van der Waals surface area (Å²) in [5.74, 6) is 1.23. The van der Waals surface area contributed by atoms with E-state index in [0.29, 0.717) is 12.0 Å². The number of hydrogen-bond acceptors (Lipinski definition) is 5. The second-order valence-corrected chi connectivity index (χ2v) is 11.3. The van der Waals surface area contributed by atoms with Crippen molar-refractivity contribution in [2.45, 2.75) is 45.2 Å². The number of benzene rings is 1. The van der Waals surface area contributed by atoms with Crippen LogP contribution in [-0.2, 0) is 0 Å². The number of anilines is 1. The molecule has 6 nitrogen and oxygen atoms in total. The maximum absolute atomic E-state index is 14.0. The zero-order chi connectivity index (χ0) is 25.8. The Hall–Kier alpha value is -3.45. The Kier molecular flexibility index (Phi) is 5.84. The van der Waals surface area contributed by atoms with Gasteiger partial charge in [0.15, 0.2) is 5.65 Å². The largest absolute Gasteiger partial charge is 0.372 e. The highest BCUT2D eigenvalue weighted by Crippen LogP contribution is 2.50. The molecule has 2 aliphatic heterocycles. The smallest absolute Gasteiger partial charge is 0.154 e. The number of aromatic nitrogens is 3. The molecule has 4 heterocycles. The predicted molar refractivity (Wildman–Crippen MR) is 149 cm³/mol. The van der Waals surface area contributed by atoms with Gasteiger partial charge in [0.05, 0.1) is 17.9 Å². The van der Waals surface area contributed by atoms with Gasteiger partial charge in [-0.15, -0.1) is 5.10 Å². The van der Waals surface area contributed by atoms with Gasteiger partial charge >= 0.3 is 0 Å². The Bertz CT molecular complexity index is 1460. The molecule has 196 valence electrons. The lowest BCUT2D eigenvalue weighted by atomic mass is 10.0. The van der Waals surface area contributed by atoms with Crippen LogP contribution in [-0.4, -0.2) is 63.2 Å². The van der Waals surface area contributed by atoms with E-state index in [2.05, 4.69) is 58.9 Å². The molecule has 0 spiro atoms. The second-order valence-electron chi connectivity index (χ2n) is 11.3. The van der Waals surface area contributed by atoms with Crippen LogP contribution >= 0.6 is 0 Å². The van der Waals surface area contributed by atoms with E-state index in [4.69, 9.17) is 10.1 Å². The van der Waals surface area contributed by atoms with Crippen LogP contribution in [0.15, 0.2) is 72.1 Å². The number of piperazine rings is 1. The molecule has 3 fully saturated rings. The fraction of sp³-hybridized carbons (Fsp3) is 0.419. The number of halogens is 1. The van der Waals surface area contributed by atoms with Crippen LogP contribution in [0.25, 0.3) is 11.2 Å². The lowest BCUT2D eigenvalue weighted by Gasteiger charge is -2.39. The topological polar surface area (TPSA) is 39.9 Å². The van der Waals surface area contributed by atoms with Crippen LogP contribution in [0.1, 0.15) is 50.4 Å². The van der Waals surface area contributed by atoms with Crippen molar-refractivity contribution in [1.82, 2.24) is 24.4 Å². The monoisotopic (exact) mass is 510 g/mol. The Morgan fingerprint density at radius 2 is 1.89 bits per heavy atom. The third-order valence-corrected chi connectivity index (χ3v) is 8.73. The van der Waals surface area contributed by atoms with E-state index in [-0.39, 0.29) is 11.9 Å². The molecule has 0 radical (unpaired) electrons. The Morgan fingerprint density at radius 3 is 2.71 bits per heavy atom. The summed E-state index contributed by atoms with van der Waals surface area (Å²) >= 11 is 0. The van der Waals surface area contributed by atoms with E-state index in [1.165, 1.54) is 22.9 Å². The molecule has 0 bridgehead atoms. The minimum atomic E-state index is -0.183. The fourth-order valence-electron chi connectivity index (χ4n) is 6.58. The quantitative estimate of drug-likeness (QED) is 0.456. The zero-order valence-corrected chi connectivity index (χ0v) is 22.2. The van der Waals surface area contributed by atoms with E-state index in [0.717, 1.165) is 74.7 Å². The first-order chi connectivity index (χ1) is 18.6. The summed E-state index contributed by atoms with van der Waals surface area (Å²) in [6.07, 6.45) is 11.9. The van der Waals surface area contributed by atoms with Crippen LogP contribution in [0.4, 0.5) is 10.2 Å². The first kappa shape index (κ1) is 23.7. The highest BCUT2D eigenvalue weighted by atomic mass is 19.1. The average molecular weight is 511 g/mol. The van der Waals surface area contributed by atoms with Crippen LogP contribution in [0.5, 0.6) is 0 Å². The van der Waals surface area contributed by atoms with Crippen LogP contribution in [0.2, 0.25) is 0 Å². The minimum Gasteiger partial charge on any atom is -0.372 e. The number of allylic oxidation sites excluding steroid dienone is 5. The molecule has 1 aromatic carbocycles. The van der Waals surface area contributed by atoms with Crippen LogP contribution < -0.4 is 4.90 Å². The lowest BCUT2D eigenvalue weighted by Crippen LogP contribution is -2.48. The Labute approximate surface area is 223 Å². The molecular weight excluding hydrogens is 475 g/mol. The van der Waals surface area contributed by atoms with Gasteiger partial charge in [-0.3, -0.25) is 4.90 Å². The molecular formula is C31H35FN6. The van der Waals surface area contributed by atoms with Crippen LogP contribution in [0, 0.1) is 11.7 Å². The number of hydrogen-bond donors (Lipinski definition) is 0. The average Bonchev–Trinajstić information content (AvgIpc) is 3.39. The molecule has 1 unspecified atom stereocenters. The first-order valence-corrected chi connectivity index (χ1v) is 14.0. The van der Waals surface area contributed by atoms with E-state index in [1.807, 2.05) is 16.8 Å². The van der Waals surface area contributed by atoms with Crippen LogP contribution in [0.3, 0.4) is 0 Å². The van der Waals surface area contributed by atoms with Crippen molar-refractivity contribution in [2.75, 3.05) is 37.6 Å². The van der Waals surface area contributed by atoms with Gasteiger partial charge in [0.1, 0.15) is 11.6 Å². The summed E-state index contributed by atoms with van der Waals surface area (Å²) < 4.78 is 16.0. The van der Waals surface area contributed by atoms with E-state index < -0.39 is 0 Å². The van der Waals surface area contributed by atoms with Gasteiger partial charge in [-0.1, -0.05) is 29.9 Å². The molecule has 3 aromatic rings. The van der Waals surface area contributed by atoms with Crippen molar-refractivity contribution in [1.29, 1.82) is 0 Å². The molecule has 1 saturated carbocycles. The molecule has 2 saturated heterocycles. The van der Waals surface area contributed by atoms with E-state index >= 15 is 0 Å². The zero-order valence-electron chi connectivity index (χ0n) is 22.2. The fourth-order valence-corrected chi connectivity index (χ4v) is 6.58. The van der Waals surface area contributed by atoms with Crippen molar-refractivity contribution in [3.8, 4) is 0 Å². The number of rotatable bonds is 5. The number of nitrogens with zero attached hydrogens (tertiary/aromatic N) is 6. The third kappa shape index (κ3) is 4.13. The van der Waals surface area contributed by atoms with Crippen molar-refractivity contribution in [3.63, 3.8) is 0 Å². The van der Waals surface area contributed by atoms with Gasteiger partial charge in [0, 0.05) is 56.0 Å². The van der Waals surface area contributed by atoms with Crippen molar-refractivity contribution >= 4 is 17.0 Å². The lowest BCUT2D eigenvalue weighted by molar-refractivity contribution is 0.127. The van der Waals surface area contributed by atoms with Gasteiger partial charge in [-0.05, 0) is 69.0 Å². The molecule has 2 aliphatic carbocycles.